The molecule has 0 saturated carbocycles. The molecule has 0 radical (unpaired) electrons. The number of nitrogens with zero attached hydrogens (tertiary/aromatic N) is 8. The maximum Gasteiger partial charge on any atom is 0.273 e. The van der Waals surface area contributed by atoms with Crippen LogP contribution in [0.3, 0.4) is 0 Å². The molecule has 2 aliphatic carbocycles. The van der Waals surface area contributed by atoms with Gasteiger partial charge in [0, 0.05) is 36.8 Å². The Bertz CT molecular complexity index is 1910. The standard InChI is InChI=1S/C33H35N9O3S/c1-5-23(22-10-8-14-41(22)4)44-26-15-25(42-17-21(36-18-42)32(43)40(2)3)37-31(38-26)28-19-9-6-12-33(29(19)45-39-28)13-7-11-24-27(33)20(16-34)30(35)46-24/h1,15,17-18,22-23H,6-14,35H2,2-4H3/t22-,23-,33-/m0/s1. The molecule has 0 bridgehead atoms. The lowest BCUT2D eigenvalue weighted by atomic mass is 9.63. The molecular formula is C33H35N9O3S. The predicted molar refractivity (Wildman–Crippen MR) is 172 cm³/mol. The van der Waals surface area contributed by atoms with Crippen molar-refractivity contribution in [2.45, 2.75) is 68.9 Å². The first kappa shape index (κ1) is 30.0. The zero-order valence-corrected chi connectivity index (χ0v) is 26.9. The van der Waals surface area contributed by atoms with Gasteiger partial charge in [-0.1, -0.05) is 11.1 Å². The topological polar surface area (TPSA) is 152 Å². The fourth-order valence-corrected chi connectivity index (χ4v) is 8.55. The number of hydrogen-bond donors (Lipinski definition) is 1. The van der Waals surface area contributed by atoms with E-state index in [1.807, 2.05) is 7.05 Å². The summed E-state index contributed by atoms with van der Waals surface area (Å²) in [5.74, 6) is 4.40. The Hall–Kier alpha value is -4.72. The molecule has 1 saturated heterocycles. The number of aryl methyl sites for hydroxylation is 1. The summed E-state index contributed by atoms with van der Waals surface area (Å²) in [6, 6.07) is 4.12. The van der Waals surface area contributed by atoms with Crippen molar-refractivity contribution in [3.8, 4) is 41.6 Å². The van der Waals surface area contributed by atoms with E-state index >= 15 is 0 Å². The van der Waals surface area contributed by atoms with E-state index < -0.39 is 11.5 Å². The van der Waals surface area contributed by atoms with Gasteiger partial charge < -0.3 is 19.9 Å². The first-order chi connectivity index (χ1) is 22.2. The normalized spacial score (nSPS) is 21.3. The number of nitriles is 1. The quantitative estimate of drug-likeness (QED) is 0.308. The summed E-state index contributed by atoms with van der Waals surface area (Å²) in [4.78, 5) is 31.5. The van der Waals surface area contributed by atoms with Crippen molar-refractivity contribution in [3.05, 3.63) is 51.6 Å². The fourth-order valence-electron chi connectivity index (χ4n) is 7.39. The molecule has 7 rings (SSSR count). The number of aromatic nitrogens is 5. The zero-order chi connectivity index (χ0) is 32.2. The molecule has 2 N–H and O–H groups in total. The van der Waals surface area contributed by atoms with Gasteiger partial charge in [0.2, 0.25) is 5.88 Å². The second kappa shape index (κ2) is 11.6. The van der Waals surface area contributed by atoms with E-state index in [0.29, 0.717) is 27.9 Å². The SMILES string of the molecule is C#C[C@H](Oc1cc(-n2cnc(C(=O)N(C)C)c2)nc(-c2noc3c2CCC[C@@]32CCCc3sc(N)c(C#N)c32)n1)[C@@H]1CCCN1C. The molecule has 1 aliphatic heterocycles. The lowest BCUT2D eigenvalue weighted by Crippen LogP contribution is -2.39. The third-order valence-corrected chi connectivity index (χ3v) is 10.6. The molecule has 46 heavy (non-hydrogen) atoms. The third kappa shape index (κ3) is 4.82. The number of rotatable bonds is 6. The van der Waals surface area contributed by atoms with E-state index in [1.54, 1.807) is 30.9 Å². The van der Waals surface area contributed by atoms with Gasteiger partial charge in [-0.15, -0.1) is 17.8 Å². The summed E-state index contributed by atoms with van der Waals surface area (Å²) in [6.07, 6.45) is 15.7. The summed E-state index contributed by atoms with van der Waals surface area (Å²) >= 11 is 1.51. The summed E-state index contributed by atoms with van der Waals surface area (Å²) in [5, 5.41) is 15.2. The Kier molecular flexibility index (Phi) is 7.54. The number of hydrogen-bond acceptors (Lipinski definition) is 11. The van der Waals surface area contributed by atoms with Crippen LogP contribution in [-0.2, 0) is 18.3 Å². The maximum absolute atomic E-state index is 12.6. The smallest absolute Gasteiger partial charge is 0.273 e. The minimum Gasteiger partial charge on any atom is -0.459 e. The van der Waals surface area contributed by atoms with Gasteiger partial charge in [0.25, 0.3) is 5.91 Å². The van der Waals surface area contributed by atoms with Crippen LogP contribution in [0.2, 0.25) is 0 Å². The van der Waals surface area contributed by atoms with Crippen LogP contribution in [0.5, 0.6) is 5.88 Å². The molecule has 1 fully saturated rings. The number of likely N-dealkylation sites (N-methyl/N-ethyl adjacent to an activating group) is 1. The maximum atomic E-state index is 12.6. The summed E-state index contributed by atoms with van der Waals surface area (Å²) in [5.41, 5.74) is 9.14. The highest BCUT2D eigenvalue weighted by Crippen LogP contribution is 2.55. The number of ether oxygens (including phenoxy) is 1. The summed E-state index contributed by atoms with van der Waals surface area (Å²) < 4.78 is 14.3. The molecular weight excluding hydrogens is 602 g/mol. The molecule has 1 amide bonds. The first-order valence-corrected chi connectivity index (χ1v) is 16.3. The van der Waals surface area contributed by atoms with E-state index in [1.165, 1.54) is 22.6 Å². The zero-order valence-electron chi connectivity index (χ0n) is 26.1. The lowest BCUT2D eigenvalue weighted by molar-refractivity contribution is 0.0822. The molecule has 12 nitrogen and oxygen atoms in total. The number of thiophene rings is 1. The highest BCUT2D eigenvalue weighted by Gasteiger charge is 2.49. The Morgan fingerprint density at radius 2 is 2.09 bits per heavy atom. The molecule has 1 spiro atoms. The van der Waals surface area contributed by atoms with E-state index in [4.69, 9.17) is 31.4 Å². The van der Waals surface area contributed by atoms with E-state index in [2.05, 4.69) is 27.0 Å². The highest BCUT2D eigenvalue weighted by atomic mass is 32.1. The number of carbonyl (C=O) groups excluding carboxylic acids is 1. The number of fused-ring (bicyclic) bond motifs is 4. The Morgan fingerprint density at radius 3 is 2.80 bits per heavy atom. The van der Waals surface area contributed by atoms with Crippen LogP contribution in [0.25, 0.3) is 17.3 Å². The van der Waals surface area contributed by atoms with Crippen LogP contribution in [0.1, 0.15) is 76.3 Å². The molecule has 4 aromatic heterocycles. The van der Waals surface area contributed by atoms with Gasteiger partial charge >= 0.3 is 0 Å². The largest absolute Gasteiger partial charge is 0.459 e. The number of anilines is 1. The number of carbonyl (C=O) groups is 1. The molecule has 3 atom stereocenters. The van der Waals surface area contributed by atoms with Gasteiger partial charge in [0.1, 0.15) is 28.9 Å². The molecule has 0 aromatic carbocycles. The molecule has 0 unspecified atom stereocenters. The van der Waals surface area contributed by atoms with Gasteiger partial charge in [-0.25, -0.2) is 9.97 Å². The number of imidazole rings is 1. The Balaban J connectivity index is 1.34. The minimum absolute atomic E-state index is 0.0527. The van der Waals surface area contributed by atoms with Crippen LogP contribution in [0, 0.1) is 23.7 Å². The number of nitrogen functional groups attached to an aromatic ring is 1. The van der Waals surface area contributed by atoms with E-state index in [0.717, 1.165) is 79.7 Å². The van der Waals surface area contributed by atoms with E-state index in [9.17, 15) is 10.1 Å². The molecule has 3 aliphatic rings. The fraction of sp³-hybridized carbons (Fsp3) is 0.455. The van der Waals surface area contributed by atoms with Gasteiger partial charge in [-0.2, -0.15) is 10.2 Å². The number of terminal acetylenes is 1. The highest BCUT2D eigenvalue weighted by molar-refractivity contribution is 7.16. The van der Waals surface area contributed by atoms with Crippen LogP contribution in [0.4, 0.5) is 5.00 Å². The van der Waals surface area contributed by atoms with E-state index in [-0.39, 0.29) is 23.5 Å². The van der Waals surface area contributed by atoms with Crippen LogP contribution in [-0.4, -0.2) is 80.2 Å². The van der Waals surface area contributed by atoms with Crippen molar-refractivity contribution in [1.29, 1.82) is 5.26 Å². The first-order valence-electron chi connectivity index (χ1n) is 15.5. The van der Waals surface area contributed by atoms with Crippen molar-refractivity contribution in [2.24, 2.45) is 0 Å². The van der Waals surface area contributed by atoms with Gasteiger partial charge in [0.05, 0.1) is 17.0 Å². The second-order valence-electron chi connectivity index (χ2n) is 12.5. The van der Waals surface area contributed by atoms with Crippen molar-refractivity contribution < 1.29 is 14.1 Å². The van der Waals surface area contributed by atoms with Gasteiger partial charge in [-0.3, -0.25) is 14.3 Å². The minimum atomic E-state index is -0.527. The number of amides is 1. The monoisotopic (exact) mass is 637 g/mol. The van der Waals surface area contributed by atoms with Crippen LogP contribution in [0.15, 0.2) is 23.1 Å². The van der Waals surface area contributed by atoms with Crippen LogP contribution < -0.4 is 10.5 Å². The Labute approximate surface area is 271 Å². The average molecular weight is 638 g/mol. The second-order valence-corrected chi connectivity index (χ2v) is 13.7. The van der Waals surface area contributed by atoms with Gasteiger partial charge in [0.15, 0.2) is 23.4 Å². The average Bonchev–Trinajstić information content (AvgIpc) is 3.85. The Morgan fingerprint density at radius 1 is 1.28 bits per heavy atom. The molecule has 236 valence electrons. The van der Waals surface area contributed by atoms with Crippen molar-refractivity contribution in [2.75, 3.05) is 33.4 Å². The lowest BCUT2D eigenvalue weighted by Gasteiger charge is -2.39. The molecule has 5 heterocycles. The number of likely N-dealkylation sites (tertiary alicyclic amines) is 1. The molecule has 4 aromatic rings. The third-order valence-electron chi connectivity index (χ3n) is 9.57. The van der Waals surface area contributed by atoms with Crippen molar-refractivity contribution in [1.82, 2.24) is 34.5 Å². The van der Waals surface area contributed by atoms with Gasteiger partial charge in [-0.05, 0) is 70.5 Å². The van der Waals surface area contributed by atoms with Crippen LogP contribution >= 0.6 is 11.3 Å². The van der Waals surface area contributed by atoms with Crippen molar-refractivity contribution in [3.63, 3.8) is 0 Å². The molecule has 13 heteroatoms. The summed E-state index contributed by atoms with van der Waals surface area (Å²) in [6.45, 7) is 0.946. The number of nitrogens with two attached hydrogens (primary N) is 1. The van der Waals surface area contributed by atoms with Crippen molar-refractivity contribution >= 4 is 22.2 Å². The summed E-state index contributed by atoms with van der Waals surface area (Å²) in [7, 11) is 5.40. The predicted octanol–water partition coefficient (Wildman–Crippen LogP) is 3.97.